The zero-order valence-electron chi connectivity index (χ0n) is 9.81. The fourth-order valence-electron chi connectivity index (χ4n) is 1.52. The number of nitrogens with zero attached hydrogens (tertiary/aromatic N) is 2. The summed E-state index contributed by atoms with van der Waals surface area (Å²) in [4.78, 5) is 10.4. The number of aromatic nitrogens is 1. The number of benzene rings is 1. The highest BCUT2D eigenvalue weighted by molar-refractivity contribution is 6.42. The van der Waals surface area contributed by atoms with Crippen molar-refractivity contribution in [3.8, 4) is 0 Å². The average molecular weight is 302 g/mol. The van der Waals surface area contributed by atoms with Gasteiger partial charge in [-0.05, 0) is 13.0 Å². The number of rotatable bonds is 4. The van der Waals surface area contributed by atoms with E-state index in [2.05, 4.69) is 10.5 Å². The lowest BCUT2D eigenvalue weighted by molar-refractivity contribution is -0.383. The minimum Gasteiger partial charge on any atom is -0.374 e. The Bertz CT molecular complexity index is 628. The maximum absolute atomic E-state index is 10.9. The molecule has 8 heteroatoms. The van der Waals surface area contributed by atoms with Gasteiger partial charge in [0.1, 0.15) is 17.1 Å². The Morgan fingerprint density at radius 2 is 2.05 bits per heavy atom. The van der Waals surface area contributed by atoms with E-state index in [0.717, 1.165) is 0 Å². The summed E-state index contributed by atoms with van der Waals surface area (Å²) >= 11 is 11.6. The minimum atomic E-state index is -0.529. The molecule has 0 aliphatic carbocycles. The fraction of sp³-hybridized carbons (Fsp3) is 0.182. The van der Waals surface area contributed by atoms with Crippen LogP contribution in [0.3, 0.4) is 0 Å². The molecule has 1 N–H and O–H groups in total. The third kappa shape index (κ3) is 3.15. The van der Waals surface area contributed by atoms with Gasteiger partial charge in [-0.3, -0.25) is 10.1 Å². The average Bonchev–Trinajstić information content (AvgIpc) is 2.76. The van der Waals surface area contributed by atoms with Crippen LogP contribution in [-0.4, -0.2) is 10.1 Å². The first-order chi connectivity index (χ1) is 8.97. The first-order valence-corrected chi connectivity index (χ1v) is 6.02. The van der Waals surface area contributed by atoms with Crippen molar-refractivity contribution in [2.24, 2.45) is 0 Å². The highest BCUT2D eigenvalue weighted by Gasteiger charge is 2.17. The molecule has 1 aromatic heterocycles. The molecule has 0 aliphatic heterocycles. The number of nitrogens with one attached hydrogen (secondary N) is 1. The largest absolute Gasteiger partial charge is 0.374 e. The molecule has 0 saturated carbocycles. The van der Waals surface area contributed by atoms with E-state index in [1.54, 1.807) is 13.0 Å². The van der Waals surface area contributed by atoms with E-state index in [0.29, 0.717) is 11.5 Å². The van der Waals surface area contributed by atoms with Crippen LogP contribution in [0, 0.1) is 17.0 Å². The summed E-state index contributed by atoms with van der Waals surface area (Å²) in [5.41, 5.74) is 0.771. The van der Waals surface area contributed by atoms with E-state index in [1.807, 2.05) is 0 Å². The van der Waals surface area contributed by atoms with Crippen LogP contribution in [0.25, 0.3) is 0 Å². The molecular weight excluding hydrogens is 293 g/mol. The van der Waals surface area contributed by atoms with E-state index in [1.165, 1.54) is 12.1 Å². The third-order valence-electron chi connectivity index (χ3n) is 2.37. The molecule has 0 amide bonds. The highest BCUT2D eigenvalue weighted by atomic mass is 35.5. The maximum atomic E-state index is 10.9. The third-order valence-corrected chi connectivity index (χ3v) is 3.09. The Hall–Kier alpha value is -1.79. The summed E-state index contributed by atoms with van der Waals surface area (Å²) < 4.78 is 4.90. The van der Waals surface area contributed by atoms with Crippen LogP contribution in [-0.2, 0) is 6.54 Å². The van der Waals surface area contributed by atoms with E-state index in [-0.39, 0.29) is 28.0 Å². The monoisotopic (exact) mass is 301 g/mol. The highest BCUT2D eigenvalue weighted by Crippen LogP contribution is 2.34. The molecule has 1 heterocycles. The molecule has 0 fully saturated rings. The molecule has 0 radical (unpaired) electrons. The Morgan fingerprint density at radius 1 is 1.37 bits per heavy atom. The van der Waals surface area contributed by atoms with Gasteiger partial charge in [-0.15, -0.1) is 0 Å². The number of hydrogen-bond acceptors (Lipinski definition) is 5. The Morgan fingerprint density at radius 3 is 2.63 bits per heavy atom. The van der Waals surface area contributed by atoms with Crippen molar-refractivity contribution in [2.75, 3.05) is 5.32 Å². The molecule has 6 nitrogen and oxygen atoms in total. The second-order valence-electron chi connectivity index (χ2n) is 3.82. The topological polar surface area (TPSA) is 81.2 Å². The van der Waals surface area contributed by atoms with Crippen molar-refractivity contribution in [1.82, 2.24) is 5.16 Å². The lowest BCUT2D eigenvalue weighted by atomic mass is 10.2. The van der Waals surface area contributed by atoms with Gasteiger partial charge in [-0.2, -0.15) is 0 Å². The van der Waals surface area contributed by atoms with Gasteiger partial charge in [0.05, 0.1) is 21.5 Å². The van der Waals surface area contributed by atoms with Crippen molar-refractivity contribution in [2.45, 2.75) is 13.5 Å². The first kappa shape index (κ1) is 13.6. The number of nitro benzene ring substituents is 1. The standard InChI is InChI=1S/C11H9Cl2N3O3/c1-6-2-7(15-19-6)5-14-10-3-8(12)9(13)4-11(10)16(17)18/h2-4,14H,5H2,1H3. The van der Waals surface area contributed by atoms with Crippen LogP contribution in [0.2, 0.25) is 10.0 Å². The SMILES string of the molecule is Cc1cc(CNc2cc(Cl)c(Cl)cc2[N+](=O)[O-])no1. The molecule has 2 aromatic rings. The summed E-state index contributed by atoms with van der Waals surface area (Å²) in [6.07, 6.45) is 0. The van der Waals surface area contributed by atoms with E-state index in [9.17, 15) is 10.1 Å². The van der Waals surface area contributed by atoms with Crippen LogP contribution in [0.5, 0.6) is 0 Å². The maximum Gasteiger partial charge on any atom is 0.293 e. The molecule has 0 saturated heterocycles. The van der Waals surface area contributed by atoms with Gasteiger partial charge >= 0.3 is 0 Å². The second-order valence-corrected chi connectivity index (χ2v) is 4.64. The number of halogens is 2. The molecule has 1 aromatic carbocycles. The van der Waals surface area contributed by atoms with Gasteiger partial charge < -0.3 is 9.84 Å². The smallest absolute Gasteiger partial charge is 0.293 e. The quantitative estimate of drug-likeness (QED) is 0.686. The molecule has 0 bridgehead atoms. The molecule has 2 rings (SSSR count). The zero-order valence-corrected chi connectivity index (χ0v) is 11.3. The molecule has 19 heavy (non-hydrogen) atoms. The predicted octanol–water partition coefficient (Wildman–Crippen LogP) is 3.81. The van der Waals surface area contributed by atoms with Crippen LogP contribution < -0.4 is 5.32 Å². The van der Waals surface area contributed by atoms with Crippen LogP contribution in [0.15, 0.2) is 22.7 Å². The summed E-state index contributed by atoms with van der Waals surface area (Å²) in [7, 11) is 0. The Labute approximate surface area is 118 Å². The Kier molecular flexibility index (Phi) is 3.92. The lowest BCUT2D eigenvalue weighted by Gasteiger charge is -2.06. The van der Waals surface area contributed by atoms with Crippen molar-refractivity contribution < 1.29 is 9.45 Å². The summed E-state index contributed by atoms with van der Waals surface area (Å²) in [5.74, 6) is 0.667. The predicted molar refractivity (Wildman–Crippen MR) is 71.7 cm³/mol. The van der Waals surface area contributed by atoms with Gasteiger partial charge in [0.15, 0.2) is 0 Å². The van der Waals surface area contributed by atoms with Crippen molar-refractivity contribution >= 4 is 34.6 Å². The Balaban J connectivity index is 2.23. The molecule has 0 spiro atoms. The van der Waals surface area contributed by atoms with E-state index < -0.39 is 4.92 Å². The van der Waals surface area contributed by atoms with Crippen LogP contribution in [0.4, 0.5) is 11.4 Å². The normalized spacial score (nSPS) is 10.5. The molecule has 0 aliphatic rings. The molecule has 0 unspecified atom stereocenters. The first-order valence-electron chi connectivity index (χ1n) is 5.27. The van der Waals surface area contributed by atoms with Gasteiger partial charge in [-0.1, -0.05) is 28.4 Å². The molecule has 100 valence electrons. The lowest BCUT2D eigenvalue weighted by Crippen LogP contribution is -2.03. The summed E-state index contributed by atoms with van der Waals surface area (Å²) in [5, 5.41) is 18.0. The number of aryl methyl sites for hydroxylation is 1. The van der Waals surface area contributed by atoms with Gasteiger partial charge in [-0.25, -0.2) is 0 Å². The van der Waals surface area contributed by atoms with E-state index in [4.69, 9.17) is 27.7 Å². The molecule has 0 atom stereocenters. The van der Waals surface area contributed by atoms with Crippen molar-refractivity contribution in [3.63, 3.8) is 0 Å². The van der Waals surface area contributed by atoms with Crippen molar-refractivity contribution in [1.29, 1.82) is 0 Å². The van der Waals surface area contributed by atoms with Crippen LogP contribution in [0.1, 0.15) is 11.5 Å². The summed E-state index contributed by atoms with van der Waals surface area (Å²) in [6, 6.07) is 4.35. The van der Waals surface area contributed by atoms with Gasteiger partial charge in [0.25, 0.3) is 5.69 Å². The second kappa shape index (κ2) is 5.46. The van der Waals surface area contributed by atoms with Crippen molar-refractivity contribution in [3.05, 3.63) is 49.8 Å². The number of hydrogen-bond donors (Lipinski definition) is 1. The molecular formula is C11H9Cl2N3O3. The number of nitro groups is 1. The fourth-order valence-corrected chi connectivity index (χ4v) is 1.84. The summed E-state index contributed by atoms with van der Waals surface area (Å²) in [6.45, 7) is 2.05. The minimum absolute atomic E-state index is 0.135. The number of anilines is 1. The van der Waals surface area contributed by atoms with E-state index >= 15 is 0 Å². The van der Waals surface area contributed by atoms with Gasteiger partial charge in [0.2, 0.25) is 0 Å². The van der Waals surface area contributed by atoms with Crippen LogP contribution >= 0.6 is 23.2 Å². The van der Waals surface area contributed by atoms with Gasteiger partial charge in [0, 0.05) is 12.1 Å². The zero-order chi connectivity index (χ0) is 14.0.